The predicted octanol–water partition coefficient (Wildman–Crippen LogP) is 4.09. The van der Waals surface area contributed by atoms with Gasteiger partial charge in [0.1, 0.15) is 12.0 Å². The maximum Gasteiger partial charge on any atom is 0.337 e. The van der Waals surface area contributed by atoms with Crippen molar-refractivity contribution in [3.8, 4) is 0 Å². The van der Waals surface area contributed by atoms with E-state index in [1.165, 1.54) is 7.11 Å². The van der Waals surface area contributed by atoms with E-state index in [9.17, 15) is 14.4 Å². The van der Waals surface area contributed by atoms with Crippen molar-refractivity contribution in [2.75, 3.05) is 7.11 Å². The largest absolute Gasteiger partial charge is 0.468 e. The van der Waals surface area contributed by atoms with Gasteiger partial charge in [-0.25, -0.2) is 4.79 Å². The Balaban J connectivity index is 1.82. The summed E-state index contributed by atoms with van der Waals surface area (Å²) < 4.78 is 10.8. The Morgan fingerprint density at radius 1 is 1.09 bits per heavy atom. The quantitative estimate of drug-likeness (QED) is 0.564. The third-order valence-electron chi connectivity index (χ3n) is 7.04. The molecule has 170 valence electrons. The number of allylic oxidation sites excluding steroid dienone is 3. The first-order valence-corrected chi connectivity index (χ1v) is 11.4. The molecule has 1 fully saturated rings. The second kappa shape index (κ2) is 8.93. The molecule has 3 atom stereocenters. The van der Waals surface area contributed by atoms with Crippen molar-refractivity contribution in [2.24, 2.45) is 11.8 Å². The molecule has 1 N–H and O–H groups in total. The van der Waals surface area contributed by atoms with Gasteiger partial charge >= 0.3 is 11.9 Å². The molecule has 3 aliphatic rings. The minimum absolute atomic E-state index is 0.0828. The number of hydrogen-bond acceptors (Lipinski definition) is 6. The van der Waals surface area contributed by atoms with Crippen LogP contribution >= 0.6 is 0 Å². The molecule has 0 radical (unpaired) electrons. The maximum atomic E-state index is 13.7. The Hall–Kier alpha value is -2.89. The van der Waals surface area contributed by atoms with Gasteiger partial charge in [0.15, 0.2) is 5.78 Å². The molecular formula is C26H31NO5. The molecule has 0 saturated heterocycles. The van der Waals surface area contributed by atoms with Crippen LogP contribution in [0.5, 0.6) is 0 Å². The molecule has 1 aliphatic heterocycles. The molecule has 6 heteroatoms. The highest BCUT2D eigenvalue weighted by atomic mass is 16.5. The maximum absolute atomic E-state index is 13.7. The first-order valence-electron chi connectivity index (χ1n) is 11.4. The number of Topliss-reactive ketones (excluding diaryl/α,β-unsaturated/α-hetero) is 1. The smallest absolute Gasteiger partial charge is 0.337 e. The van der Waals surface area contributed by atoms with E-state index in [-0.39, 0.29) is 23.8 Å². The number of benzene rings is 1. The van der Waals surface area contributed by atoms with Gasteiger partial charge in [-0.1, -0.05) is 31.2 Å². The molecule has 1 aromatic rings. The van der Waals surface area contributed by atoms with Gasteiger partial charge in [-0.3, -0.25) is 9.59 Å². The van der Waals surface area contributed by atoms with E-state index in [4.69, 9.17) is 9.47 Å². The molecule has 0 spiro atoms. The van der Waals surface area contributed by atoms with Gasteiger partial charge < -0.3 is 14.8 Å². The van der Waals surface area contributed by atoms with E-state index in [2.05, 4.69) is 5.32 Å². The van der Waals surface area contributed by atoms with E-state index in [0.717, 1.165) is 42.5 Å². The van der Waals surface area contributed by atoms with Crippen LogP contribution < -0.4 is 5.32 Å². The number of esters is 2. The topological polar surface area (TPSA) is 81.7 Å². The van der Waals surface area contributed by atoms with Crippen LogP contribution in [0.3, 0.4) is 0 Å². The number of ether oxygens (including phenoxy) is 2. The van der Waals surface area contributed by atoms with Crippen LogP contribution in [0, 0.1) is 18.8 Å². The minimum atomic E-state index is -0.877. The van der Waals surface area contributed by atoms with E-state index >= 15 is 0 Å². The second-order valence-corrected chi connectivity index (χ2v) is 9.20. The van der Waals surface area contributed by atoms with Gasteiger partial charge in [-0.05, 0) is 63.0 Å². The SMILES string of the molecule is COC(=O)[C@@H]1C(=O)C2=C(C[C@@H]1C)NC(C)=C(C(=O)OC1CCCC1)[C@@H]2c1ccccc1C. The summed E-state index contributed by atoms with van der Waals surface area (Å²) in [5.74, 6) is -2.84. The highest BCUT2D eigenvalue weighted by Crippen LogP contribution is 2.46. The lowest BCUT2D eigenvalue weighted by atomic mass is 9.68. The fourth-order valence-electron chi connectivity index (χ4n) is 5.39. The summed E-state index contributed by atoms with van der Waals surface area (Å²) in [5.41, 5.74) is 4.28. The fourth-order valence-corrected chi connectivity index (χ4v) is 5.39. The van der Waals surface area contributed by atoms with E-state index in [1.807, 2.05) is 45.0 Å². The number of carbonyl (C=O) groups is 3. The lowest BCUT2D eigenvalue weighted by molar-refractivity contribution is -0.151. The highest BCUT2D eigenvalue weighted by Gasteiger charge is 2.47. The van der Waals surface area contributed by atoms with Crippen molar-refractivity contribution in [1.82, 2.24) is 5.32 Å². The zero-order chi connectivity index (χ0) is 23.0. The van der Waals surface area contributed by atoms with Gasteiger partial charge in [0.25, 0.3) is 0 Å². The molecule has 1 aromatic carbocycles. The van der Waals surface area contributed by atoms with E-state index in [1.54, 1.807) is 0 Å². The van der Waals surface area contributed by atoms with Crippen LogP contribution in [0.2, 0.25) is 0 Å². The Morgan fingerprint density at radius 3 is 2.44 bits per heavy atom. The van der Waals surface area contributed by atoms with Crippen LogP contribution in [-0.4, -0.2) is 30.9 Å². The van der Waals surface area contributed by atoms with Gasteiger partial charge in [0.05, 0.1) is 12.7 Å². The molecule has 6 nitrogen and oxygen atoms in total. The Bertz CT molecular complexity index is 1010. The summed E-state index contributed by atoms with van der Waals surface area (Å²) >= 11 is 0. The standard InChI is InChI=1S/C26H31NO5/c1-14-9-5-8-12-18(14)22-21(26(30)32-17-10-6-7-11-17)16(3)27-19-13-15(2)20(25(29)31-4)24(28)23(19)22/h5,8-9,12,15,17,20,22,27H,6-7,10-11,13H2,1-4H3/t15-,20-,22-/m0/s1. The number of nitrogens with one attached hydrogen (secondary N) is 1. The van der Waals surface area contributed by atoms with Crippen LogP contribution in [0.15, 0.2) is 46.8 Å². The van der Waals surface area contributed by atoms with Crippen LogP contribution in [0.4, 0.5) is 0 Å². The van der Waals surface area contributed by atoms with Gasteiger partial charge in [-0.2, -0.15) is 0 Å². The molecular weight excluding hydrogens is 406 g/mol. The minimum Gasteiger partial charge on any atom is -0.468 e. The van der Waals surface area contributed by atoms with Crippen LogP contribution in [-0.2, 0) is 23.9 Å². The van der Waals surface area contributed by atoms with Crippen molar-refractivity contribution < 1.29 is 23.9 Å². The van der Waals surface area contributed by atoms with Crippen molar-refractivity contribution >= 4 is 17.7 Å². The number of methoxy groups -OCH3 is 1. The van der Waals surface area contributed by atoms with Gasteiger partial charge in [0, 0.05) is 22.9 Å². The first kappa shape index (κ1) is 22.3. The predicted molar refractivity (Wildman–Crippen MR) is 119 cm³/mol. The summed E-state index contributed by atoms with van der Waals surface area (Å²) in [7, 11) is 1.30. The molecule has 32 heavy (non-hydrogen) atoms. The Morgan fingerprint density at radius 2 is 1.78 bits per heavy atom. The van der Waals surface area contributed by atoms with Gasteiger partial charge in [-0.15, -0.1) is 0 Å². The van der Waals surface area contributed by atoms with Crippen LogP contribution in [0.25, 0.3) is 0 Å². The van der Waals surface area contributed by atoms with Gasteiger partial charge in [0.2, 0.25) is 0 Å². The normalized spacial score (nSPS) is 26.0. The third-order valence-corrected chi connectivity index (χ3v) is 7.04. The lowest BCUT2D eigenvalue weighted by Gasteiger charge is -2.38. The average molecular weight is 438 g/mol. The van der Waals surface area contributed by atoms with E-state index in [0.29, 0.717) is 23.3 Å². The average Bonchev–Trinajstić information content (AvgIpc) is 3.25. The van der Waals surface area contributed by atoms with Crippen LogP contribution in [0.1, 0.15) is 63.0 Å². The second-order valence-electron chi connectivity index (χ2n) is 9.20. The zero-order valence-corrected chi connectivity index (χ0v) is 19.2. The number of hydrogen-bond donors (Lipinski definition) is 1. The zero-order valence-electron chi connectivity index (χ0n) is 19.2. The monoisotopic (exact) mass is 437 g/mol. The third kappa shape index (κ3) is 3.87. The summed E-state index contributed by atoms with van der Waals surface area (Å²) in [6.07, 6.45) is 4.31. The molecule has 1 heterocycles. The van der Waals surface area contributed by atoms with Crippen molar-refractivity contribution in [3.63, 3.8) is 0 Å². The summed E-state index contributed by atoms with van der Waals surface area (Å²) in [5, 5.41) is 3.32. The molecule has 0 unspecified atom stereocenters. The molecule has 0 aromatic heterocycles. The highest BCUT2D eigenvalue weighted by molar-refractivity contribution is 6.12. The number of ketones is 1. The molecule has 0 amide bonds. The number of dihydropyridines is 1. The molecule has 4 rings (SSSR count). The van der Waals surface area contributed by atoms with Crippen molar-refractivity contribution in [1.29, 1.82) is 0 Å². The molecule has 2 aliphatic carbocycles. The Kier molecular flexibility index (Phi) is 6.22. The molecule has 1 saturated carbocycles. The van der Waals surface area contributed by atoms with Crippen molar-refractivity contribution in [2.45, 2.75) is 64.9 Å². The number of carbonyl (C=O) groups excluding carboxylic acids is 3. The molecule has 0 bridgehead atoms. The summed E-state index contributed by atoms with van der Waals surface area (Å²) in [6.45, 7) is 5.72. The number of rotatable bonds is 4. The first-order chi connectivity index (χ1) is 15.3. The Labute approximate surface area is 189 Å². The van der Waals surface area contributed by atoms with E-state index < -0.39 is 17.8 Å². The lowest BCUT2D eigenvalue weighted by Crippen LogP contribution is -2.43. The fraction of sp³-hybridized carbons (Fsp3) is 0.500. The summed E-state index contributed by atoms with van der Waals surface area (Å²) in [6, 6.07) is 7.77. The number of aryl methyl sites for hydroxylation is 1. The van der Waals surface area contributed by atoms with Crippen molar-refractivity contribution in [3.05, 3.63) is 57.9 Å². The summed E-state index contributed by atoms with van der Waals surface area (Å²) in [4.78, 5) is 39.6.